The van der Waals surface area contributed by atoms with Crippen LogP contribution >= 0.6 is 15.9 Å². The average molecular weight is 383 g/mol. The zero-order valence-corrected chi connectivity index (χ0v) is 14.1. The maximum absolute atomic E-state index is 13.7. The zero-order chi connectivity index (χ0) is 16.2. The van der Waals surface area contributed by atoms with Crippen molar-refractivity contribution in [1.82, 2.24) is 0 Å². The highest BCUT2D eigenvalue weighted by Crippen LogP contribution is 2.38. The Morgan fingerprint density at radius 3 is 2.52 bits per heavy atom. The highest BCUT2D eigenvalue weighted by atomic mass is 79.9. The van der Waals surface area contributed by atoms with Crippen LogP contribution in [0.2, 0.25) is 0 Å². The molecule has 1 aliphatic heterocycles. The Morgan fingerprint density at radius 2 is 1.87 bits per heavy atom. The van der Waals surface area contributed by atoms with Gasteiger partial charge in [-0.05, 0) is 23.8 Å². The molecule has 1 saturated heterocycles. The summed E-state index contributed by atoms with van der Waals surface area (Å²) in [5, 5.41) is 0. The second-order valence-corrected chi connectivity index (χ2v) is 5.86. The van der Waals surface area contributed by atoms with Crippen molar-refractivity contribution in [2.45, 2.75) is 12.9 Å². The summed E-state index contributed by atoms with van der Waals surface area (Å²) in [5.74, 6) is 0.790. The molecule has 0 bridgehead atoms. The quantitative estimate of drug-likeness (QED) is 0.775. The Balaban J connectivity index is 1.80. The van der Waals surface area contributed by atoms with Gasteiger partial charge in [-0.15, -0.1) is 0 Å². The van der Waals surface area contributed by atoms with Gasteiger partial charge in [0.1, 0.15) is 23.9 Å². The lowest BCUT2D eigenvalue weighted by atomic mass is 10.2. The van der Waals surface area contributed by atoms with Gasteiger partial charge in [0.15, 0.2) is 6.29 Å². The lowest BCUT2D eigenvalue weighted by Crippen LogP contribution is -2.05. The molecule has 6 heteroatoms. The van der Waals surface area contributed by atoms with E-state index in [0.717, 1.165) is 11.3 Å². The molecular weight excluding hydrogens is 367 g/mol. The molecule has 2 aromatic rings. The van der Waals surface area contributed by atoms with Gasteiger partial charge in [0.2, 0.25) is 0 Å². The summed E-state index contributed by atoms with van der Waals surface area (Å²) >= 11 is 3.36. The van der Waals surface area contributed by atoms with E-state index in [-0.39, 0.29) is 5.82 Å². The van der Waals surface area contributed by atoms with Gasteiger partial charge in [-0.25, -0.2) is 4.39 Å². The molecule has 3 rings (SSSR count). The van der Waals surface area contributed by atoms with Crippen molar-refractivity contribution >= 4 is 15.9 Å². The van der Waals surface area contributed by atoms with E-state index in [1.165, 1.54) is 12.1 Å². The molecule has 4 nitrogen and oxygen atoms in total. The molecule has 23 heavy (non-hydrogen) atoms. The van der Waals surface area contributed by atoms with Gasteiger partial charge in [-0.1, -0.05) is 28.1 Å². The third-order valence-electron chi connectivity index (χ3n) is 3.47. The number of methoxy groups -OCH3 is 1. The summed E-state index contributed by atoms with van der Waals surface area (Å²) in [6.07, 6.45) is -0.546. The molecule has 0 amide bonds. The number of hydrogen-bond acceptors (Lipinski definition) is 4. The van der Waals surface area contributed by atoms with E-state index in [2.05, 4.69) is 15.9 Å². The highest BCUT2D eigenvalue weighted by Gasteiger charge is 2.25. The van der Waals surface area contributed by atoms with Crippen LogP contribution < -0.4 is 9.47 Å². The Kier molecular flexibility index (Phi) is 5.15. The fourth-order valence-corrected chi connectivity index (χ4v) is 2.92. The smallest absolute Gasteiger partial charge is 0.188 e. The minimum Gasteiger partial charge on any atom is -0.497 e. The molecule has 0 aromatic heterocycles. The van der Waals surface area contributed by atoms with Crippen LogP contribution in [0, 0.1) is 5.82 Å². The second kappa shape index (κ2) is 7.29. The Morgan fingerprint density at radius 1 is 1.17 bits per heavy atom. The van der Waals surface area contributed by atoms with Crippen molar-refractivity contribution in [3.63, 3.8) is 0 Å². The van der Waals surface area contributed by atoms with Gasteiger partial charge in [-0.2, -0.15) is 0 Å². The summed E-state index contributed by atoms with van der Waals surface area (Å²) in [6.45, 7) is 1.32. The molecule has 122 valence electrons. The van der Waals surface area contributed by atoms with Gasteiger partial charge in [0.25, 0.3) is 0 Å². The predicted octanol–water partition coefficient (Wildman–Crippen LogP) is 4.22. The third-order valence-corrected chi connectivity index (χ3v) is 4.12. The Bertz CT molecular complexity index is 669. The zero-order valence-electron chi connectivity index (χ0n) is 12.6. The van der Waals surface area contributed by atoms with Crippen LogP contribution in [0.3, 0.4) is 0 Å². The van der Waals surface area contributed by atoms with Crippen LogP contribution in [0.1, 0.15) is 17.4 Å². The summed E-state index contributed by atoms with van der Waals surface area (Å²) < 4.78 is 36.2. The van der Waals surface area contributed by atoms with Gasteiger partial charge >= 0.3 is 0 Å². The molecule has 0 N–H and O–H groups in total. The molecule has 0 atom stereocenters. The first-order valence-electron chi connectivity index (χ1n) is 7.15. The molecule has 1 heterocycles. The number of halogens is 2. The fourth-order valence-electron chi connectivity index (χ4n) is 2.32. The van der Waals surface area contributed by atoms with Crippen molar-refractivity contribution in [2.75, 3.05) is 20.3 Å². The van der Waals surface area contributed by atoms with Crippen LogP contribution in [-0.2, 0) is 16.1 Å². The molecular formula is C17H16BrFO4. The normalized spacial score (nSPS) is 14.9. The molecule has 0 unspecified atom stereocenters. The molecule has 1 fully saturated rings. The molecule has 0 spiro atoms. The number of benzene rings is 2. The number of rotatable bonds is 5. The second-order valence-electron chi connectivity index (χ2n) is 5.01. The summed E-state index contributed by atoms with van der Waals surface area (Å²) in [4.78, 5) is 0. The summed E-state index contributed by atoms with van der Waals surface area (Å²) in [5.41, 5.74) is 1.61. The van der Waals surface area contributed by atoms with Crippen LogP contribution in [0.5, 0.6) is 11.5 Å². The Hall–Kier alpha value is -1.63. The monoisotopic (exact) mass is 382 g/mol. The minimum absolute atomic E-state index is 0.305. The third kappa shape index (κ3) is 3.83. The average Bonchev–Trinajstić information content (AvgIpc) is 3.06. The lowest BCUT2D eigenvalue weighted by molar-refractivity contribution is -0.0464. The van der Waals surface area contributed by atoms with E-state index in [4.69, 9.17) is 18.9 Å². The van der Waals surface area contributed by atoms with Crippen LogP contribution in [-0.4, -0.2) is 20.3 Å². The van der Waals surface area contributed by atoms with Crippen LogP contribution in [0.25, 0.3) is 0 Å². The molecule has 2 aromatic carbocycles. The molecule has 1 aliphatic rings. The van der Waals surface area contributed by atoms with E-state index in [9.17, 15) is 4.39 Å². The SMILES string of the molecule is COc1ccc(COc2cc(F)cc(Br)c2C2OCCO2)cc1. The summed E-state index contributed by atoms with van der Waals surface area (Å²) in [7, 11) is 1.61. The van der Waals surface area contributed by atoms with Gasteiger partial charge < -0.3 is 18.9 Å². The van der Waals surface area contributed by atoms with Crippen molar-refractivity contribution in [3.8, 4) is 11.5 Å². The van der Waals surface area contributed by atoms with E-state index in [1.807, 2.05) is 24.3 Å². The standard InChI is InChI=1S/C17H16BrFO4/c1-20-13-4-2-11(3-5-13)10-23-15-9-12(19)8-14(18)16(15)17-21-6-7-22-17/h2-5,8-9,17H,6-7,10H2,1H3. The van der Waals surface area contributed by atoms with E-state index in [1.54, 1.807) is 7.11 Å². The summed E-state index contributed by atoms with van der Waals surface area (Å²) in [6, 6.07) is 10.2. The number of hydrogen-bond donors (Lipinski definition) is 0. The van der Waals surface area contributed by atoms with E-state index in [0.29, 0.717) is 35.6 Å². The van der Waals surface area contributed by atoms with Gasteiger partial charge in [0.05, 0.1) is 25.9 Å². The Labute approximate surface area is 142 Å². The minimum atomic E-state index is -0.546. The van der Waals surface area contributed by atoms with Crippen LogP contribution in [0.15, 0.2) is 40.9 Å². The first-order chi connectivity index (χ1) is 11.2. The topological polar surface area (TPSA) is 36.9 Å². The lowest BCUT2D eigenvalue weighted by Gasteiger charge is -2.17. The maximum Gasteiger partial charge on any atom is 0.188 e. The van der Waals surface area contributed by atoms with Gasteiger partial charge in [-0.3, -0.25) is 0 Å². The van der Waals surface area contributed by atoms with E-state index >= 15 is 0 Å². The van der Waals surface area contributed by atoms with Crippen molar-refractivity contribution in [1.29, 1.82) is 0 Å². The van der Waals surface area contributed by atoms with Crippen LogP contribution in [0.4, 0.5) is 4.39 Å². The van der Waals surface area contributed by atoms with Crippen molar-refractivity contribution in [2.24, 2.45) is 0 Å². The number of ether oxygens (including phenoxy) is 4. The predicted molar refractivity (Wildman–Crippen MR) is 86.1 cm³/mol. The molecule has 0 radical (unpaired) electrons. The first-order valence-corrected chi connectivity index (χ1v) is 7.94. The molecule has 0 aliphatic carbocycles. The molecule has 0 saturated carbocycles. The maximum atomic E-state index is 13.7. The van der Waals surface area contributed by atoms with Gasteiger partial charge in [0, 0.05) is 10.5 Å². The first kappa shape index (κ1) is 16.2. The van der Waals surface area contributed by atoms with E-state index < -0.39 is 6.29 Å². The largest absolute Gasteiger partial charge is 0.497 e. The van der Waals surface area contributed by atoms with Crippen molar-refractivity contribution < 1.29 is 23.3 Å². The van der Waals surface area contributed by atoms with Crippen molar-refractivity contribution in [3.05, 3.63) is 57.8 Å². The fraction of sp³-hybridized carbons (Fsp3) is 0.294. The highest BCUT2D eigenvalue weighted by molar-refractivity contribution is 9.10.